The standard InChI is InChI=1S/C26H31NO4/c1-20-18-21(5-11-24(28)19-31-26-4-2-3-15-30-26)6-12-25(20)22-7-9-23(10-8-22)27-13-16-29-17-14-27/h5-12,18,26H,2-4,13-17,19H2,1H3/b11-5+. The number of benzene rings is 2. The minimum atomic E-state index is -0.234. The summed E-state index contributed by atoms with van der Waals surface area (Å²) in [7, 11) is 0. The number of hydrogen-bond acceptors (Lipinski definition) is 5. The normalized spacial score (nSPS) is 19.6. The fraction of sp³-hybridized carbons (Fsp3) is 0.423. The molecule has 0 radical (unpaired) electrons. The van der Waals surface area contributed by atoms with Gasteiger partial charge in [0, 0.05) is 25.4 Å². The van der Waals surface area contributed by atoms with E-state index in [0.717, 1.165) is 57.7 Å². The molecule has 1 atom stereocenters. The van der Waals surface area contributed by atoms with Gasteiger partial charge >= 0.3 is 0 Å². The van der Waals surface area contributed by atoms with Crippen molar-refractivity contribution in [3.05, 3.63) is 59.7 Å². The van der Waals surface area contributed by atoms with E-state index < -0.39 is 0 Å². The van der Waals surface area contributed by atoms with E-state index in [0.29, 0.717) is 0 Å². The van der Waals surface area contributed by atoms with E-state index in [9.17, 15) is 4.79 Å². The summed E-state index contributed by atoms with van der Waals surface area (Å²) in [5.41, 5.74) is 5.83. The van der Waals surface area contributed by atoms with E-state index in [1.54, 1.807) is 6.08 Å². The Bertz CT molecular complexity index is 894. The fourth-order valence-corrected chi connectivity index (χ4v) is 4.04. The van der Waals surface area contributed by atoms with Crippen LogP contribution in [0.5, 0.6) is 0 Å². The van der Waals surface area contributed by atoms with Crippen LogP contribution in [0.1, 0.15) is 30.4 Å². The van der Waals surface area contributed by atoms with Crippen LogP contribution in [0.2, 0.25) is 0 Å². The molecule has 2 aromatic rings. The smallest absolute Gasteiger partial charge is 0.181 e. The van der Waals surface area contributed by atoms with Crippen LogP contribution in [0.3, 0.4) is 0 Å². The third kappa shape index (κ3) is 6.03. The number of aryl methyl sites for hydroxylation is 1. The number of hydrogen-bond donors (Lipinski definition) is 0. The van der Waals surface area contributed by atoms with Crippen molar-refractivity contribution in [1.29, 1.82) is 0 Å². The van der Waals surface area contributed by atoms with Crippen molar-refractivity contribution >= 4 is 17.5 Å². The highest BCUT2D eigenvalue weighted by molar-refractivity contribution is 5.94. The molecule has 0 bridgehead atoms. The third-order valence-electron chi connectivity index (χ3n) is 5.82. The number of ether oxygens (including phenoxy) is 3. The number of carbonyl (C=O) groups excluding carboxylic acids is 1. The summed E-state index contributed by atoms with van der Waals surface area (Å²) < 4.78 is 16.5. The molecule has 0 amide bonds. The number of carbonyl (C=O) groups is 1. The summed E-state index contributed by atoms with van der Waals surface area (Å²) in [6.45, 7) is 6.35. The lowest BCUT2D eigenvalue weighted by atomic mass is 9.98. The molecule has 164 valence electrons. The van der Waals surface area contributed by atoms with Crippen LogP contribution < -0.4 is 4.90 Å². The summed E-state index contributed by atoms with van der Waals surface area (Å²) in [6, 6.07) is 15.0. The van der Waals surface area contributed by atoms with Crippen molar-refractivity contribution in [2.45, 2.75) is 32.5 Å². The average Bonchev–Trinajstić information content (AvgIpc) is 2.83. The molecule has 2 fully saturated rings. The van der Waals surface area contributed by atoms with Gasteiger partial charge in [0.05, 0.1) is 13.2 Å². The van der Waals surface area contributed by atoms with Gasteiger partial charge in [-0.3, -0.25) is 4.79 Å². The average molecular weight is 422 g/mol. The first-order valence-corrected chi connectivity index (χ1v) is 11.2. The van der Waals surface area contributed by atoms with E-state index in [1.807, 2.05) is 12.1 Å². The van der Waals surface area contributed by atoms with E-state index in [2.05, 4.69) is 48.2 Å². The zero-order chi connectivity index (χ0) is 21.5. The molecule has 2 saturated heterocycles. The first-order chi connectivity index (χ1) is 15.2. The van der Waals surface area contributed by atoms with Crippen molar-refractivity contribution < 1.29 is 19.0 Å². The van der Waals surface area contributed by atoms with Crippen molar-refractivity contribution in [2.24, 2.45) is 0 Å². The first-order valence-electron chi connectivity index (χ1n) is 11.2. The molecule has 0 aromatic heterocycles. The molecule has 5 nitrogen and oxygen atoms in total. The second-order valence-corrected chi connectivity index (χ2v) is 8.13. The van der Waals surface area contributed by atoms with Crippen LogP contribution in [0.4, 0.5) is 5.69 Å². The Labute approximate surface area is 184 Å². The number of nitrogens with zero attached hydrogens (tertiary/aromatic N) is 1. The second kappa shape index (κ2) is 10.7. The number of ketones is 1. The van der Waals surface area contributed by atoms with Crippen LogP contribution in [-0.2, 0) is 19.0 Å². The molecule has 4 rings (SSSR count). The molecule has 5 heteroatoms. The monoisotopic (exact) mass is 421 g/mol. The predicted molar refractivity (Wildman–Crippen MR) is 123 cm³/mol. The Hall–Kier alpha value is -2.47. The summed E-state index contributed by atoms with van der Waals surface area (Å²) in [4.78, 5) is 14.5. The van der Waals surface area contributed by atoms with Crippen LogP contribution in [0, 0.1) is 6.92 Å². The minimum absolute atomic E-state index is 0.0467. The van der Waals surface area contributed by atoms with Crippen LogP contribution in [-0.4, -0.2) is 51.6 Å². The van der Waals surface area contributed by atoms with Crippen LogP contribution >= 0.6 is 0 Å². The highest BCUT2D eigenvalue weighted by Gasteiger charge is 2.15. The lowest BCUT2D eigenvalue weighted by Crippen LogP contribution is -2.36. The molecule has 0 N–H and O–H groups in total. The SMILES string of the molecule is Cc1cc(/C=C/C(=O)COC2CCCCO2)ccc1-c1ccc(N2CCOCC2)cc1. The van der Waals surface area contributed by atoms with E-state index in [4.69, 9.17) is 14.2 Å². The summed E-state index contributed by atoms with van der Waals surface area (Å²) in [5, 5.41) is 0. The Morgan fingerprint density at radius 1 is 1.10 bits per heavy atom. The fourth-order valence-electron chi connectivity index (χ4n) is 4.04. The van der Waals surface area contributed by atoms with Gasteiger partial charge in [0.1, 0.15) is 6.61 Å². The summed E-state index contributed by atoms with van der Waals surface area (Å²) in [6.07, 6.45) is 6.24. The first kappa shape index (κ1) is 21.8. The maximum absolute atomic E-state index is 12.1. The van der Waals surface area contributed by atoms with Gasteiger partial charge in [0.25, 0.3) is 0 Å². The zero-order valence-electron chi connectivity index (χ0n) is 18.2. The maximum Gasteiger partial charge on any atom is 0.181 e. The van der Waals surface area contributed by atoms with Crippen molar-refractivity contribution in [3.63, 3.8) is 0 Å². The van der Waals surface area contributed by atoms with Gasteiger partial charge in [-0.15, -0.1) is 0 Å². The Morgan fingerprint density at radius 2 is 1.90 bits per heavy atom. The predicted octanol–water partition coefficient (Wildman–Crippen LogP) is 4.62. The van der Waals surface area contributed by atoms with E-state index >= 15 is 0 Å². The second-order valence-electron chi connectivity index (χ2n) is 8.13. The molecule has 2 aromatic carbocycles. The van der Waals surface area contributed by atoms with Gasteiger partial charge in [-0.1, -0.05) is 36.4 Å². The van der Waals surface area contributed by atoms with Crippen molar-refractivity contribution in [3.8, 4) is 11.1 Å². The molecule has 0 aliphatic carbocycles. The minimum Gasteiger partial charge on any atom is -0.378 e. The largest absolute Gasteiger partial charge is 0.378 e. The molecular formula is C26H31NO4. The summed E-state index contributed by atoms with van der Waals surface area (Å²) >= 11 is 0. The van der Waals surface area contributed by atoms with Crippen molar-refractivity contribution in [1.82, 2.24) is 0 Å². The third-order valence-corrected chi connectivity index (χ3v) is 5.82. The molecule has 2 aliphatic heterocycles. The van der Waals surface area contributed by atoms with Gasteiger partial charge in [0.2, 0.25) is 0 Å². The molecule has 0 spiro atoms. The molecule has 2 aliphatic rings. The number of anilines is 1. The van der Waals surface area contributed by atoms with Gasteiger partial charge in [-0.25, -0.2) is 0 Å². The molecule has 0 saturated carbocycles. The quantitative estimate of drug-likeness (QED) is 0.611. The maximum atomic E-state index is 12.1. The van der Waals surface area contributed by atoms with Gasteiger partial charge < -0.3 is 19.1 Å². The highest BCUT2D eigenvalue weighted by Crippen LogP contribution is 2.27. The van der Waals surface area contributed by atoms with Gasteiger partial charge in [-0.05, 0) is 66.6 Å². The van der Waals surface area contributed by atoms with E-state index in [1.165, 1.54) is 22.4 Å². The lowest BCUT2D eigenvalue weighted by Gasteiger charge is -2.29. The molecule has 1 unspecified atom stereocenters. The van der Waals surface area contributed by atoms with Crippen molar-refractivity contribution in [2.75, 3.05) is 44.4 Å². The topological polar surface area (TPSA) is 48.0 Å². The lowest BCUT2D eigenvalue weighted by molar-refractivity contribution is -0.167. The Kier molecular flexibility index (Phi) is 7.52. The number of morpholine rings is 1. The Morgan fingerprint density at radius 3 is 2.61 bits per heavy atom. The number of rotatable bonds is 7. The summed E-state index contributed by atoms with van der Waals surface area (Å²) in [5.74, 6) is -0.0467. The van der Waals surface area contributed by atoms with Gasteiger partial charge in [0.15, 0.2) is 12.1 Å². The van der Waals surface area contributed by atoms with Crippen LogP contribution in [0.25, 0.3) is 17.2 Å². The van der Waals surface area contributed by atoms with Gasteiger partial charge in [-0.2, -0.15) is 0 Å². The van der Waals surface area contributed by atoms with E-state index in [-0.39, 0.29) is 18.7 Å². The molecule has 31 heavy (non-hydrogen) atoms. The molecule has 2 heterocycles. The Balaban J connectivity index is 1.35. The molecular weight excluding hydrogens is 390 g/mol. The zero-order valence-corrected chi connectivity index (χ0v) is 18.2. The van der Waals surface area contributed by atoms with Crippen LogP contribution in [0.15, 0.2) is 48.5 Å². The highest BCUT2D eigenvalue weighted by atomic mass is 16.7.